The summed E-state index contributed by atoms with van der Waals surface area (Å²) in [4.78, 5) is 5.17. The van der Waals surface area contributed by atoms with Crippen molar-refractivity contribution in [3.8, 4) is 5.75 Å². The van der Waals surface area contributed by atoms with Crippen molar-refractivity contribution in [2.75, 3.05) is 25.3 Å². The van der Waals surface area contributed by atoms with Crippen molar-refractivity contribution in [1.82, 2.24) is 0 Å². The molecule has 0 radical (unpaired) electrons. The molecule has 1 aliphatic heterocycles. The number of ether oxygens (including phenoxy) is 1. The van der Waals surface area contributed by atoms with Gasteiger partial charge in [-0.05, 0) is 12.1 Å². The molecular weight excluding hydrogens is 154 g/mol. The highest BCUT2D eigenvalue weighted by molar-refractivity contribution is 5.57. The molecule has 0 spiro atoms. The lowest BCUT2D eigenvalue weighted by atomic mass is 10.2. The van der Waals surface area contributed by atoms with Gasteiger partial charge in [0, 0.05) is 0 Å². The average molecular weight is 165 g/mol. The fraction of sp³-hybridized carbons (Fsp3) is 0.333. The van der Waals surface area contributed by atoms with Gasteiger partial charge in [-0.1, -0.05) is 12.1 Å². The van der Waals surface area contributed by atoms with Gasteiger partial charge in [0.2, 0.25) is 0 Å². The summed E-state index contributed by atoms with van der Waals surface area (Å²) in [6.07, 6.45) is 0. The first-order chi connectivity index (χ1) is 5.92. The largest absolute Gasteiger partial charge is 0.489 e. The van der Waals surface area contributed by atoms with Crippen molar-refractivity contribution in [3.05, 3.63) is 24.3 Å². The van der Waals surface area contributed by atoms with E-state index in [2.05, 4.69) is 0 Å². The van der Waals surface area contributed by atoms with Crippen LogP contribution in [0.1, 0.15) is 0 Å². The SMILES string of the molecule is CON1CCOc2ccccc21. The summed E-state index contributed by atoms with van der Waals surface area (Å²) in [7, 11) is 1.67. The first kappa shape index (κ1) is 7.43. The van der Waals surface area contributed by atoms with Gasteiger partial charge < -0.3 is 4.74 Å². The summed E-state index contributed by atoms with van der Waals surface area (Å²) in [5.74, 6) is 0.894. The highest BCUT2D eigenvalue weighted by Gasteiger charge is 2.16. The molecule has 1 aromatic carbocycles. The Kier molecular flexibility index (Phi) is 1.87. The second kappa shape index (κ2) is 3.03. The zero-order valence-corrected chi connectivity index (χ0v) is 6.99. The van der Waals surface area contributed by atoms with Crippen molar-refractivity contribution in [3.63, 3.8) is 0 Å². The van der Waals surface area contributed by atoms with E-state index in [0.29, 0.717) is 6.61 Å². The number of para-hydroxylation sites is 2. The predicted octanol–water partition coefficient (Wildman–Crippen LogP) is 1.45. The average Bonchev–Trinajstić information content (AvgIpc) is 2.17. The van der Waals surface area contributed by atoms with Crippen LogP contribution in [-0.4, -0.2) is 20.3 Å². The molecule has 0 unspecified atom stereocenters. The molecule has 0 aliphatic carbocycles. The Morgan fingerprint density at radius 3 is 3.08 bits per heavy atom. The zero-order chi connectivity index (χ0) is 8.39. The van der Waals surface area contributed by atoms with Gasteiger partial charge in [0.1, 0.15) is 18.0 Å². The zero-order valence-electron chi connectivity index (χ0n) is 6.99. The van der Waals surface area contributed by atoms with Crippen LogP contribution in [-0.2, 0) is 4.84 Å². The van der Waals surface area contributed by atoms with Crippen LogP contribution in [0, 0.1) is 0 Å². The van der Waals surface area contributed by atoms with E-state index in [-0.39, 0.29) is 0 Å². The lowest BCUT2D eigenvalue weighted by molar-refractivity contribution is 0.136. The fourth-order valence-corrected chi connectivity index (χ4v) is 1.33. The summed E-state index contributed by atoms with van der Waals surface area (Å²) in [5.41, 5.74) is 1.01. The van der Waals surface area contributed by atoms with Gasteiger partial charge in [-0.15, -0.1) is 0 Å². The number of benzene rings is 1. The first-order valence-electron chi connectivity index (χ1n) is 3.95. The standard InChI is InChI=1S/C9H11NO2/c1-11-10-6-7-12-9-5-3-2-4-8(9)10/h2-5H,6-7H2,1H3. The van der Waals surface area contributed by atoms with Crippen LogP contribution < -0.4 is 9.80 Å². The minimum Gasteiger partial charge on any atom is -0.489 e. The Bertz CT molecular complexity index is 275. The van der Waals surface area contributed by atoms with Crippen molar-refractivity contribution in [1.29, 1.82) is 0 Å². The first-order valence-corrected chi connectivity index (χ1v) is 3.95. The molecule has 3 nitrogen and oxygen atoms in total. The molecule has 0 N–H and O–H groups in total. The monoisotopic (exact) mass is 165 g/mol. The van der Waals surface area contributed by atoms with Gasteiger partial charge in [0.15, 0.2) is 0 Å². The number of rotatable bonds is 1. The number of nitrogens with zero attached hydrogens (tertiary/aromatic N) is 1. The van der Waals surface area contributed by atoms with E-state index in [1.807, 2.05) is 29.3 Å². The summed E-state index contributed by atoms with van der Waals surface area (Å²) in [5, 5.41) is 1.83. The van der Waals surface area contributed by atoms with Crippen LogP contribution in [0.3, 0.4) is 0 Å². The molecule has 0 saturated carbocycles. The Hall–Kier alpha value is -1.22. The molecule has 64 valence electrons. The molecule has 3 heteroatoms. The number of anilines is 1. The maximum atomic E-state index is 5.43. The van der Waals surface area contributed by atoms with Crippen LogP contribution in [0.2, 0.25) is 0 Å². The Labute approximate surface area is 71.5 Å². The van der Waals surface area contributed by atoms with Gasteiger partial charge in [0.05, 0.1) is 13.7 Å². The molecule has 1 aliphatic rings. The van der Waals surface area contributed by atoms with Crippen molar-refractivity contribution in [2.24, 2.45) is 0 Å². The minimum atomic E-state index is 0.685. The number of hydroxylamine groups is 1. The molecule has 1 aromatic rings. The summed E-state index contributed by atoms with van der Waals surface area (Å²) < 4.78 is 5.43. The normalized spacial score (nSPS) is 15.2. The van der Waals surface area contributed by atoms with E-state index in [0.717, 1.165) is 18.0 Å². The van der Waals surface area contributed by atoms with Crippen molar-refractivity contribution in [2.45, 2.75) is 0 Å². The quantitative estimate of drug-likeness (QED) is 0.628. The van der Waals surface area contributed by atoms with E-state index in [4.69, 9.17) is 9.57 Å². The second-order valence-electron chi connectivity index (χ2n) is 2.60. The third-order valence-electron chi connectivity index (χ3n) is 1.91. The molecule has 12 heavy (non-hydrogen) atoms. The molecule has 0 fully saturated rings. The second-order valence-corrected chi connectivity index (χ2v) is 2.60. The predicted molar refractivity (Wildman–Crippen MR) is 46.3 cm³/mol. The molecular formula is C9H11NO2. The van der Waals surface area contributed by atoms with Crippen LogP contribution in [0.5, 0.6) is 5.75 Å². The number of fused-ring (bicyclic) bond motifs is 1. The van der Waals surface area contributed by atoms with Gasteiger partial charge in [-0.3, -0.25) is 4.84 Å². The Morgan fingerprint density at radius 2 is 2.25 bits per heavy atom. The maximum absolute atomic E-state index is 5.43. The molecule has 0 bridgehead atoms. The minimum absolute atomic E-state index is 0.685. The number of hydrogen-bond donors (Lipinski definition) is 0. The lowest BCUT2D eigenvalue weighted by Crippen LogP contribution is -2.31. The summed E-state index contributed by atoms with van der Waals surface area (Å²) in [6.45, 7) is 1.47. The molecule has 0 aromatic heterocycles. The Balaban J connectivity index is 2.37. The van der Waals surface area contributed by atoms with Crippen LogP contribution in [0.15, 0.2) is 24.3 Å². The van der Waals surface area contributed by atoms with Gasteiger partial charge in [0.25, 0.3) is 0 Å². The smallest absolute Gasteiger partial charge is 0.145 e. The van der Waals surface area contributed by atoms with E-state index in [9.17, 15) is 0 Å². The van der Waals surface area contributed by atoms with Gasteiger partial charge >= 0.3 is 0 Å². The Morgan fingerprint density at radius 1 is 1.42 bits per heavy atom. The maximum Gasteiger partial charge on any atom is 0.145 e. The van der Waals surface area contributed by atoms with Crippen molar-refractivity contribution < 1.29 is 9.57 Å². The highest BCUT2D eigenvalue weighted by Crippen LogP contribution is 2.30. The summed E-state index contributed by atoms with van der Waals surface area (Å²) >= 11 is 0. The molecule has 0 atom stereocenters. The number of hydrogen-bond acceptors (Lipinski definition) is 3. The molecule has 0 saturated heterocycles. The highest BCUT2D eigenvalue weighted by atomic mass is 16.7. The van der Waals surface area contributed by atoms with Crippen LogP contribution in [0.4, 0.5) is 5.69 Å². The molecule has 0 amide bonds. The third-order valence-corrected chi connectivity index (χ3v) is 1.91. The van der Waals surface area contributed by atoms with Gasteiger partial charge in [-0.2, -0.15) is 0 Å². The summed E-state index contributed by atoms with van der Waals surface area (Å²) in [6, 6.07) is 7.86. The van der Waals surface area contributed by atoms with E-state index < -0.39 is 0 Å². The van der Waals surface area contributed by atoms with Gasteiger partial charge in [-0.25, -0.2) is 5.06 Å². The van der Waals surface area contributed by atoms with Crippen LogP contribution in [0.25, 0.3) is 0 Å². The van der Waals surface area contributed by atoms with E-state index in [1.165, 1.54) is 0 Å². The topological polar surface area (TPSA) is 21.7 Å². The van der Waals surface area contributed by atoms with Crippen LogP contribution >= 0.6 is 0 Å². The fourth-order valence-electron chi connectivity index (χ4n) is 1.33. The third kappa shape index (κ3) is 1.12. The van der Waals surface area contributed by atoms with E-state index >= 15 is 0 Å². The van der Waals surface area contributed by atoms with E-state index in [1.54, 1.807) is 7.11 Å². The lowest BCUT2D eigenvalue weighted by Gasteiger charge is -2.28. The molecule has 2 rings (SSSR count). The molecule has 1 heterocycles. The van der Waals surface area contributed by atoms with Crippen molar-refractivity contribution >= 4 is 5.69 Å².